The Hall–Kier alpha value is -1.43. The van der Waals surface area contributed by atoms with Crippen LogP contribution in [0.15, 0.2) is 12.4 Å². The van der Waals surface area contributed by atoms with Crippen molar-refractivity contribution in [3.05, 3.63) is 12.4 Å². The van der Waals surface area contributed by atoms with Crippen LogP contribution < -0.4 is 5.32 Å². The average molecular weight is 212 g/mol. The lowest BCUT2D eigenvalue weighted by atomic mass is 10.3. The highest BCUT2D eigenvalue weighted by Crippen LogP contribution is 1.89. The van der Waals surface area contributed by atoms with Crippen molar-refractivity contribution in [1.29, 1.82) is 0 Å². The Kier molecular flexibility index (Phi) is 4.76. The maximum absolute atomic E-state index is 11.3. The first-order valence-corrected chi connectivity index (χ1v) is 4.97. The number of hydrogen-bond acceptors (Lipinski definition) is 4. The van der Waals surface area contributed by atoms with Gasteiger partial charge in [0, 0.05) is 19.2 Å². The number of aliphatic hydroxyl groups excluding tert-OH is 1. The van der Waals surface area contributed by atoms with Crippen molar-refractivity contribution in [2.24, 2.45) is 0 Å². The van der Waals surface area contributed by atoms with Gasteiger partial charge in [-0.1, -0.05) is 5.21 Å². The van der Waals surface area contributed by atoms with Crippen LogP contribution in [0.1, 0.15) is 19.8 Å². The van der Waals surface area contributed by atoms with Crippen LogP contribution in [-0.2, 0) is 11.3 Å². The fourth-order valence-electron chi connectivity index (χ4n) is 1.08. The van der Waals surface area contributed by atoms with E-state index >= 15 is 0 Å². The van der Waals surface area contributed by atoms with Crippen LogP contribution in [0.2, 0.25) is 0 Å². The molecule has 0 aliphatic carbocycles. The first kappa shape index (κ1) is 11.6. The summed E-state index contributed by atoms with van der Waals surface area (Å²) in [6.45, 7) is 2.73. The fraction of sp³-hybridized carbons (Fsp3) is 0.667. The average Bonchev–Trinajstić information content (AvgIpc) is 2.66. The van der Waals surface area contributed by atoms with Crippen LogP contribution in [0.3, 0.4) is 0 Å². The van der Waals surface area contributed by atoms with Gasteiger partial charge in [0.15, 0.2) is 0 Å². The number of aryl methyl sites for hydroxylation is 1. The fourth-order valence-corrected chi connectivity index (χ4v) is 1.08. The van der Waals surface area contributed by atoms with Gasteiger partial charge in [-0.15, -0.1) is 5.10 Å². The number of aliphatic hydroxyl groups is 1. The zero-order valence-electron chi connectivity index (χ0n) is 8.76. The third-order valence-corrected chi connectivity index (χ3v) is 1.92. The summed E-state index contributed by atoms with van der Waals surface area (Å²) >= 11 is 0. The van der Waals surface area contributed by atoms with Crippen LogP contribution in [0.5, 0.6) is 0 Å². The van der Waals surface area contributed by atoms with Crippen LogP contribution in [0.4, 0.5) is 0 Å². The van der Waals surface area contributed by atoms with E-state index in [1.54, 1.807) is 24.0 Å². The van der Waals surface area contributed by atoms with Gasteiger partial charge in [-0.3, -0.25) is 9.48 Å². The number of aromatic nitrogens is 3. The highest BCUT2D eigenvalue weighted by atomic mass is 16.3. The molecule has 6 heteroatoms. The lowest BCUT2D eigenvalue weighted by Gasteiger charge is -2.06. The predicted octanol–water partition coefficient (Wildman–Crippen LogP) is -0.445. The molecule has 0 saturated carbocycles. The normalized spacial score (nSPS) is 12.4. The minimum atomic E-state index is -0.374. The van der Waals surface area contributed by atoms with Crippen molar-refractivity contribution in [2.75, 3.05) is 6.54 Å². The minimum absolute atomic E-state index is 0.0360. The van der Waals surface area contributed by atoms with E-state index in [-0.39, 0.29) is 12.0 Å². The Labute approximate surface area is 88.3 Å². The summed E-state index contributed by atoms with van der Waals surface area (Å²) in [5.74, 6) is -0.0360. The van der Waals surface area contributed by atoms with E-state index in [1.165, 1.54) is 0 Å². The Balaban J connectivity index is 2.09. The van der Waals surface area contributed by atoms with Gasteiger partial charge in [0.05, 0.1) is 18.8 Å². The molecule has 0 saturated heterocycles. The molecule has 1 amide bonds. The number of amides is 1. The zero-order chi connectivity index (χ0) is 11.1. The molecule has 0 aliphatic heterocycles. The van der Waals surface area contributed by atoms with Gasteiger partial charge in [0.2, 0.25) is 5.91 Å². The second kappa shape index (κ2) is 6.13. The largest absolute Gasteiger partial charge is 0.393 e. The van der Waals surface area contributed by atoms with E-state index in [2.05, 4.69) is 15.6 Å². The summed E-state index contributed by atoms with van der Waals surface area (Å²) in [7, 11) is 0. The maximum Gasteiger partial charge on any atom is 0.221 e. The first-order chi connectivity index (χ1) is 7.18. The Bertz CT molecular complexity index is 284. The van der Waals surface area contributed by atoms with E-state index in [1.807, 2.05) is 0 Å². The molecular weight excluding hydrogens is 196 g/mol. The van der Waals surface area contributed by atoms with Crippen LogP contribution >= 0.6 is 0 Å². The Morgan fingerprint density at radius 2 is 2.47 bits per heavy atom. The van der Waals surface area contributed by atoms with E-state index in [0.29, 0.717) is 25.9 Å². The molecule has 1 aromatic heterocycles. The maximum atomic E-state index is 11.3. The third-order valence-electron chi connectivity index (χ3n) is 1.92. The topological polar surface area (TPSA) is 80.0 Å². The van der Waals surface area contributed by atoms with Crippen molar-refractivity contribution in [1.82, 2.24) is 20.3 Å². The second-order valence-corrected chi connectivity index (χ2v) is 3.40. The third kappa shape index (κ3) is 5.11. The molecule has 1 heterocycles. The van der Waals surface area contributed by atoms with Crippen molar-refractivity contribution < 1.29 is 9.90 Å². The molecule has 0 radical (unpaired) electrons. The summed E-state index contributed by atoms with van der Waals surface area (Å²) in [5.41, 5.74) is 0. The van der Waals surface area contributed by atoms with Crippen molar-refractivity contribution in [3.63, 3.8) is 0 Å². The van der Waals surface area contributed by atoms with Gasteiger partial charge < -0.3 is 10.4 Å². The smallest absolute Gasteiger partial charge is 0.221 e. The summed E-state index contributed by atoms with van der Waals surface area (Å²) in [6.07, 6.45) is 3.87. The molecule has 15 heavy (non-hydrogen) atoms. The van der Waals surface area contributed by atoms with Crippen LogP contribution in [0.25, 0.3) is 0 Å². The lowest BCUT2D eigenvalue weighted by Crippen LogP contribution is -2.27. The highest BCUT2D eigenvalue weighted by Gasteiger charge is 2.02. The SMILES string of the molecule is CC(O)CCNC(=O)CCn1ccnn1. The molecule has 0 fully saturated rings. The van der Waals surface area contributed by atoms with Gasteiger partial charge in [-0.25, -0.2) is 0 Å². The van der Waals surface area contributed by atoms with Crippen molar-refractivity contribution >= 4 is 5.91 Å². The first-order valence-electron chi connectivity index (χ1n) is 4.97. The van der Waals surface area contributed by atoms with Gasteiger partial charge in [0.1, 0.15) is 0 Å². The monoisotopic (exact) mass is 212 g/mol. The van der Waals surface area contributed by atoms with E-state index < -0.39 is 0 Å². The molecule has 0 spiro atoms. The van der Waals surface area contributed by atoms with Gasteiger partial charge >= 0.3 is 0 Å². The number of hydrogen-bond donors (Lipinski definition) is 2. The van der Waals surface area contributed by atoms with E-state index in [0.717, 1.165) is 0 Å². The molecule has 2 N–H and O–H groups in total. The molecule has 84 valence electrons. The van der Waals surface area contributed by atoms with Crippen LogP contribution in [-0.4, -0.2) is 38.7 Å². The highest BCUT2D eigenvalue weighted by molar-refractivity contribution is 5.75. The molecule has 1 unspecified atom stereocenters. The molecule has 0 bridgehead atoms. The number of nitrogens with one attached hydrogen (secondary N) is 1. The van der Waals surface area contributed by atoms with E-state index in [9.17, 15) is 4.79 Å². The summed E-state index contributed by atoms with van der Waals surface area (Å²) in [5, 5.41) is 19.1. The molecule has 1 atom stereocenters. The summed E-state index contributed by atoms with van der Waals surface area (Å²) in [4.78, 5) is 11.3. The van der Waals surface area contributed by atoms with Gasteiger partial charge in [0.25, 0.3) is 0 Å². The quantitative estimate of drug-likeness (QED) is 0.669. The van der Waals surface area contributed by atoms with E-state index in [4.69, 9.17) is 5.11 Å². The molecule has 1 aromatic rings. The van der Waals surface area contributed by atoms with Gasteiger partial charge in [-0.2, -0.15) is 0 Å². The predicted molar refractivity (Wildman–Crippen MR) is 53.9 cm³/mol. The molecular formula is C9H16N4O2. The van der Waals surface area contributed by atoms with Crippen molar-refractivity contribution in [2.45, 2.75) is 32.4 Å². The Morgan fingerprint density at radius 1 is 1.67 bits per heavy atom. The standard InChI is InChI=1S/C9H16N4O2/c1-8(14)2-4-10-9(15)3-6-13-7-5-11-12-13/h5,7-8,14H,2-4,6H2,1H3,(H,10,15). The second-order valence-electron chi connectivity index (χ2n) is 3.40. The molecule has 0 aromatic carbocycles. The van der Waals surface area contributed by atoms with Gasteiger partial charge in [-0.05, 0) is 13.3 Å². The minimum Gasteiger partial charge on any atom is -0.393 e. The molecule has 1 rings (SSSR count). The summed E-state index contributed by atoms with van der Waals surface area (Å²) < 4.78 is 1.61. The number of nitrogens with zero attached hydrogens (tertiary/aromatic N) is 3. The Morgan fingerprint density at radius 3 is 3.07 bits per heavy atom. The number of carbonyl (C=O) groups excluding carboxylic acids is 1. The molecule has 0 aliphatic rings. The van der Waals surface area contributed by atoms with Crippen LogP contribution in [0, 0.1) is 0 Å². The lowest BCUT2D eigenvalue weighted by molar-refractivity contribution is -0.121. The number of carbonyl (C=O) groups is 1. The zero-order valence-corrected chi connectivity index (χ0v) is 8.76. The number of rotatable bonds is 6. The molecule has 6 nitrogen and oxygen atoms in total. The summed E-state index contributed by atoms with van der Waals surface area (Å²) in [6, 6.07) is 0. The van der Waals surface area contributed by atoms with Crippen molar-refractivity contribution in [3.8, 4) is 0 Å².